The summed E-state index contributed by atoms with van der Waals surface area (Å²) in [5, 5.41) is 7.00. The number of halogens is 3. The molecule has 216 valence electrons. The third-order valence-electron chi connectivity index (χ3n) is 7.12. The lowest BCUT2D eigenvalue weighted by Crippen LogP contribution is -2.42. The number of anilines is 1. The first-order valence-corrected chi connectivity index (χ1v) is 14.1. The minimum absolute atomic E-state index is 0.305. The number of nitrogens with one attached hydrogen (secondary N) is 2. The Hall–Kier alpha value is -4.37. The second-order valence-electron chi connectivity index (χ2n) is 9.94. The van der Waals surface area contributed by atoms with Crippen LogP contribution in [-0.2, 0) is 25.7 Å². The van der Waals surface area contributed by atoms with Gasteiger partial charge in [0.05, 0.1) is 17.7 Å². The van der Waals surface area contributed by atoms with E-state index in [0.717, 1.165) is 41.8 Å². The van der Waals surface area contributed by atoms with Gasteiger partial charge in [0.2, 0.25) is 0 Å². The van der Waals surface area contributed by atoms with Gasteiger partial charge >= 0.3 is 6.18 Å². The van der Waals surface area contributed by atoms with E-state index in [1.165, 1.54) is 12.1 Å². The smallest absolute Gasteiger partial charge is 0.416 e. The molecule has 9 heteroatoms. The van der Waals surface area contributed by atoms with Crippen molar-refractivity contribution in [3.8, 4) is 16.9 Å². The van der Waals surface area contributed by atoms with Crippen molar-refractivity contribution in [2.24, 2.45) is 0 Å². The summed E-state index contributed by atoms with van der Waals surface area (Å²) >= 11 is 5.64. The summed E-state index contributed by atoms with van der Waals surface area (Å²) in [6.07, 6.45) is -3.69. The van der Waals surface area contributed by atoms with Gasteiger partial charge in [0, 0.05) is 30.9 Å². The Morgan fingerprint density at radius 3 is 2.43 bits per heavy atom. The van der Waals surface area contributed by atoms with Crippen molar-refractivity contribution in [3.05, 3.63) is 119 Å². The summed E-state index contributed by atoms with van der Waals surface area (Å²) in [5.74, 6) is 0.0439. The quantitative estimate of drug-likeness (QED) is 0.219. The van der Waals surface area contributed by atoms with Gasteiger partial charge in [0.25, 0.3) is 5.91 Å². The van der Waals surface area contributed by atoms with Gasteiger partial charge in [0.1, 0.15) is 5.75 Å². The van der Waals surface area contributed by atoms with Gasteiger partial charge in [-0.05, 0) is 84.2 Å². The number of ether oxygens (including phenoxy) is 1. The molecule has 1 aliphatic heterocycles. The van der Waals surface area contributed by atoms with Crippen molar-refractivity contribution < 1.29 is 22.7 Å². The van der Waals surface area contributed by atoms with Crippen molar-refractivity contribution >= 4 is 28.9 Å². The zero-order chi connectivity index (χ0) is 29.7. The van der Waals surface area contributed by atoms with Gasteiger partial charge < -0.3 is 20.3 Å². The average Bonchev–Trinajstić information content (AvgIpc) is 3.00. The molecule has 5 rings (SSSR count). The Balaban J connectivity index is 1.31. The molecule has 0 radical (unpaired) electrons. The van der Waals surface area contributed by atoms with E-state index in [9.17, 15) is 18.0 Å². The number of hydrogen-bond donors (Lipinski definition) is 2. The summed E-state index contributed by atoms with van der Waals surface area (Å²) in [5.41, 5.74) is 4.50. The molecule has 0 aromatic heterocycles. The Kier molecular flexibility index (Phi) is 8.77. The Labute approximate surface area is 248 Å². The van der Waals surface area contributed by atoms with E-state index in [4.69, 9.17) is 17.0 Å². The standard InChI is InChI=1S/C33H30F3N3O2S/c1-2-41-29-10-6-9-28(30(29)23-11-14-26(15-12-23)33(34,35)36)31(40)38-27-16-13-25-21-39(18-17-24(25)19-27)32(42)37-20-22-7-4-3-5-8-22/h3-16,19H,2,17-18,20-21H2,1H3,(H,37,42)(H,38,40). The van der Waals surface area contributed by atoms with Crippen molar-refractivity contribution in [3.63, 3.8) is 0 Å². The normalized spacial score (nSPS) is 12.8. The number of rotatable bonds is 7. The fourth-order valence-corrected chi connectivity index (χ4v) is 5.24. The summed E-state index contributed by atoms with van der Waals surface area (Å²) < 4.78 is 45.2. The molecule has 0 fully saturated rings. The van der Waals surface area contributed by atoms with Crippen molar-refractivity contribution in [2.75, 3.05) is 18.5 Å². The predicted molar refractivity (Wildman–Crippen MR) is 162 cm³/mol. The third-order valence-corrected chi connectivity index (χ3v) is 7.52. The molecule has 1 amide bonds. The average molecular weight is 590 g/mol. The molecule has 2 N–H and O–H groups in total. The van der Waals surface area contributed by atoms with Crippen molar-refractivity contribution in [2.45, 2.75) is 32.6 Å². The molecule has 5 nitrogen and oxygen atoms in total. The summed E-state index contributed by atoms with van der Waals surface area (Å²) in [6, 6.07) is 25.7. The summed E-state index contributed by atoms with van der Waals surface area (Å²) in [7, 11) is 0. The Morgan fingerprint density at radius 2 is 1.71 bits per heavy atom. The maximum absolute atomic E-state index is 13.5. The van der Waals surface area contributed by atoms with Crippen molar-refractivity contribution in [1.29, 1.82) is 0 Å². The summed E-state index contributed by atoms with van der Waals surface area (Å²) in [6.45, 7) is 4.22. The van der Waals surface area contributed by atoms with Crippen LogP contribution in [0.5, 0.6) is 5.75 Å². The van der Waals surface area contributed by atoms with Gasteiger partial charge in [-0.2, -0.15) is 13.2 Å². The summed E-state index contributed by atoms with van der Waals surface area (Å²) in [4.78, 5) is 15.6. The molecule has 0 saturated carbocycles. The van der Waals surface area contributed by atoms with E-state index in [0.29, 0.717) is 52.9 Å². The third kappa shape index (κ3) is 6.74. The molecule has 0 spiro atoms. The second-order valence-corrected chi connectivity index (χ2v) is 10.3. The molecule has 1 aliphatic rings. The highest BCUT2D eigenvalue weighted by molar-refractivity contribution is 7.80. The number of carbonyl (C=O) groups excluding carboxylic acids is 1. The minimum atomic E-state index is -4.45. The van der Waals surface area contributed by atoms with Gasteiger partial charge in [-0.25, -0.2) is 0 Å². The van der Waals surface area contributed by atoms with Gasteiger partial charge in [0.15, 0.2) is 5.11 Å². The molecule has 1 heterocycles. The molecule has 0 bridgehead atoms. The first kappa shape index (κ1) is 29.1. The van der Waals surface area contributed by atoms with E-state index >= 15 is 0 Å². The van der Waals surface area contributed by atoms with Crippen LogP contribution in [0.15, 0.2) is 91.0 Å². The molecule has 0 atom stereocenters. The topological polar surface area (TPSA) is 53.6 Å². The molecule has 0 unspecified atom stereocenters. The Bertz CT molecular complexity index is 1570. The van der Waals surface area contributed by atoms with E-state index in [1.54, 1.807) is 18.2 Å². The number of nitrogens with zero attached hydrogens (tertiary/aromatic N) is 1. The van der Waals surface area contributed by atoms with Crippen LogP contribution in [0.2, 0.25) is 0 Å². The molecule has 0 aliphatic carbocycles. The van der Waals surface area contributed by atoms with Crippen LogP contribution in [-0.4, -0.2) is 29.1 Å². The highest BCUT2D eigenvalue weighted by atomic mass is 32.1. The Morgan fingerprint density at radius 1 is 0.952 bits per heavy atom. The minimum Gasteiger partial charge on any atom is -0.493 e. The van der Waals surface area contributed by atoms with Crippen LogP contribution in [0, 0.1) is 0 Å². The lowest BCUT2D eigenvalue weighted by atomic mass is 9.96. The number of amides is 1. The van der Waals surface area contributed by atoms with E-state index in [2.05, 4.69) is 27.7 Å². The molecule has 4 aromatic rings. The lowest BCUT2D eigenvalue weighted by molar-refractivity contribution is -0.137. The zero-order valence-electron chi connectivity index (χ0n) is 23.0. The van der Waals surface area contributed by atoms with Crippen LogP contribution >= 0.6 is 12.2 Å². The molecule has 0 saturated heterocycles. The first-order chi connectivity index (χ1) is 20.2. The molecular weight excluding hydrogens is 559 g/mol. The fourth-order valence-electron chi connectivity index (χ4n) is 5.01. The number of thiocarbonyl (C=S) groups is 1. The zero-order valence-corrected chi connectivity index (χ0v) is 23.8. The number of benzene rings is 4. The number of alkyl halides is 3. The van der Waals surface area contributed by atoms with Crippen LogP contribution < -0.4 is 15.4 Å². The molecule has 4 aromatic carbocycles. The van der Waals surface area contributed by atoms with Crippen LogP contribution in [0.3, 0.4) is 0 Å². The maximum Gasteiger partial charge on any atom is 0.416 e. The predicted octanol–water partition coefficient (Wildman–Crippen LogP) is 7.46. The van der Waals surface area contributed by atoms with Crippen molar-refractivity contribution in [1.82, 2.24) is 10.2 Å². The second kappa shape index (κ2) is 12.7. The lowest BCUT2D eigenvalue weighted by Gasteiger charge is -2.31. The number of carbonyl (C=O) groups is 1. The van der Waals surface area contributed by atoms with Gasteiger partial charge in [-0.3, -0.25) is 4.79 Å². The SMILES string of the molecule is CCOc1cccc(C(=O)Nc2ccc3c(c2)CCN(C(=S)NCc2ccccc2)C3)c1-c1ccc(C(F)(F)F)cc1. The maximum atomic E-state index is 13.5. The van der Waals surface area contributed by atoms with E-state index in [-0.39, 0.29) is 5.91 Å². The van der Waals surface area contributed by atoms with Gasteiger partial charge in [-0.1, -0.05) is 54.6 Å². The largest absolute Gasteiger partial charge is 0.493 e. The van der Waals surface area contributed by atoms with E-state index < -0.39 is 11.7 Å². The highest BCUT2D eigenvalue weighted by Crippen LogP contribution is 2.37. The first-order valence-electron chi connectivity index (χ1n) is 13.7. The van der Waals surface area contributed by atoms with E-state index in [1.807, 2.05) is 43.3 Å². The van der Waals surface area contributed by atoms with Crippen LogP contribution in [0.25, 0.3) is 11.1 Å². The van der Waals surface area contributed by atoms with Crippen LogP contribution in [0.1, 0.15) is 39.5 Å². The number of fused-ring (bicyclic) bond motifs is 1. The number of hydrogen-bond acceptors (Lipinski definition) is 3. The molecule has 42 heavy (non-hydrogen) atoms. The monoisotopic (exact) mass is 589 g/mol. The molecular formula is C33H30F3N3O2S. The van der Waals surface area contributed by atoms with Gasteiger partial charge in [-0.15, -0.1) is 0 Å². The highest BCUT2D eigenvalue weighted by Gasteiger charge is 2.30. The fraction of sp³-hybridized carbons (Fsp3) is 0.212. The van der Waals surface area contributed by atoms with Crippen LogP contribution in [0.4, 0.5) is 18.9 Å².